The van der Waals surface area contributed by atoms with Crippen molar-refractivity contribution in [3.63, 3.8) is 0 Å². The Morgan fingerprint density at radius 3 is 2.64 bits per heavy atom. The number of alkyl halides is 3. The molecule has 1 aliphatic carbocycles. The summed E-state index contributed by atoms with van der Waals surface area (Å²) in [5.74, 6) is -0.258. The van der Waals surface area contributed by atoms with Crippen LogP contribution in [0.5, 0.6) is 0 Å². The molecular weight excluding hydrogens is 333 g/mol. The summed E-state index contributed by atoms with van der Waals surface area (Å²) in [6.07, 6.45) is -0.941. The molecule has 1 atom stereocenters. The molecule has 1 heterocycles. The SMILES string of the molecule is O=C(NC1(c2cccc(C(F)(F)F)c2)CCCCC1)C1CNCCO1. The number of carbonyl (C=O) groups is 1. The molecule has 0 radical (unpaired) electrons. The first-order valence-corrected chi connectivity index (χ1v) is 8.73. The molecule has 1 unspecified atom stereocenters. The van der Waals surface area contributed by atoms with Crippen molar-refractivity contribution >= 4 is 5.91 Å². The van der Waals surface area contributed by atoms with Crippen molar-refractivity contribution in [2.75, 3.05) is 19.7 Å². The molecule has 1 aromatic carbocycles. The molecule has 0 spiro atoms. The van der Waals surface area contributed by atoms with E-state index in [1.807, 2.05) is 0 Å². The number of ether oxygens (including phenoxy) is 1. The Labute approximate surface area is 145 Å². The van der Waals surface area contributed by atoms with Gasteiger partial charge in [0.2, 0.25) is 0 Å². The van der Waals surface area contributed by atoms with Crippen LogP contribution < -0.4 is 10.6 Å². The number of benzene rings is 1. The molecule has 1 aromatic rings. The summed E-state index contributed by atoms with van der Waals surface area (Å²) >= 11 is 0. The Morgan fingerprint density at radius 1 is 1.24 bits per heavy atom. The highest BCUT2D eigenvalue weighted by atomic mass is 19.4. The molecule has 1 aliphatic heterocycles. The summed E-state index contributed by atoms with van der Waals surface area (Å²) in [4.78, 5) is 12.6. The number of rotatable bonds is 3. The number of hydrogen-bond donors (Lipinski definition) is 2. The van der Waals surface area contributed by atoms with Gasteiger partial charge in [0.25, 0.3) is 5.91 Å². The van der Waals surface area contributed by atoms with Crippen LogP contribution in [-0.4, -0.2) is 31.7 Å². The van der Waals surface area contributed by atoms with E-state index in [0.29, 0.717) is 38.1 Å². The van der Waals surface area contributed by atoms with Gasteiger partial charge >= 0.3 is 6.18 Å². The lowest BCUT2D eigenvalue weighted by molar-refractivity contribution is -0.137. The molecule has 1 amide bonds. The third kappa shape index (κ3) is 4.15. The average Bonchev–Trinajstić information content (AvgIpc) is 2.62. The van der Waals surface area contributed by atoms with Crippen LogP contribution in [0.4, 0.5) is 13.2 Å². The van der Waals surface area contributed by atoms with E-state index in [2.05, 4.69) is 10.6 Å². The second-order valence-electron chi connectivity index (χ2n) is 6.77. The standard InChI is InChI=1S/C18H23F3N2O2/c19-18(20,21)14-6-4-5-13(11-14)17(7-2-1-3-8-17)23-16(24)15-12-22-9-10-25-15/h4-6,11,15,22H,1-3,7-10,12H2,(H,23,24). The Morgan fingerprint density at radius 2 is 2.00 bits per heavy atom. The third-order valence-corrected chi connectivity index (χ3v) is 5.03. The maximum Gasteiger partial charge on any atom is 0.416 e. The summed E-state index contributed by atoms with van der Waals surface area (Å²) in [6.45, 7) is 1.57. The summed E-state index contributed by atoms with van der Waals surface area (Å²) in [5, 5.41) is 6.13. The predicted octanol–water partition coefficient (Wildman–Crippen LogP) is 2.97. The highest BCUT2D eigenvalue weighted by Crippen LogP contribution is 2.39. The number of hydrogen-bond acceptors (Lipinski definition) is 3. The largest absolute Gasteiger partial charge is 0.416 e. The number of morpholine rings is 1. The van der Waals surface area contributed by atoms with Gasteiger partial charge in [-0.3, -0.25) is 4.79 Å². The fourth-order valence-electron chi connectivity index (χ4n) is 3.68. The first-order chi connectivity index (χ1) is 11.9. The zero-order valence-corrected chi connectivity index (χ0v) is 14.0. The van der Waals surface area contributed by atoms with Gasteiger partial charge in [-0.15, -0.1) is 0 Å². The van der Waals surface area contributed by atoms with E-state index in [9.17, 15) is 18.0 Å². The molecule has 2 aliphatic rings. The number of nitrogens with one attached hydrogen (secondary N) is 2. The second kappa shape index (κ2) is 7.33. The van der Waals surface area contributed by atoms with Gasteiger partial charge < -0.3 is 15.4 Å². The molecule has 4 nitrogen and oxygen atoms in total. The smallest absolute Gasteiger partial charge is 0.366 e. The van der Waals surface area contributed by atoms with Crippen LogP contribution in [0.15, 0.2) is 24.3 Å². The molecule has 25 heavy (non-hydrogen) atoms. The van der Waals surface area contributed by atoms with Crippen LogP contribution in [0, 0.1) is 0 Å². The first kappa shape index (κ1) is 18.2. The van der Waals surface area contributed by atoms with Gasteiger partial charge in [-0.2, -0.15) is 13.2 Å². The van der Waals surface area contributed by atoms with Crippen molar-refractivity contribution in [3.05, 3.63) is 35.4 Å². The van der Waals surface area contributed by atoms with Gasteiger partial charge in [-0.25, -0.2) is 0 Å². The van der Waals surface area contributed by atoms with Crippen molar-refractivity contribution in [1.29, 1.82) is 0 Å². The molecule has 1 saturated heterocycles. The lowest BCUT2D eigenvalue weighted by atomic mass is 9.76. The highest BCUT2D eigenvalue weighted by Gasteiger charge is 2.39. The van der Waals surface area contributed by atoms with Crippen LogP contribution in [0.1, 0.15) is 43.2 Å². The quantitative estimate of drug-likeness (QED) is 0.876. The fourth-order valence-corrected chi connectivity index (χ4v) is 3.68. The minimum atomic E-state index is -4.40. The van der Waals surface area contributed by atoms with Gasteiger partial charge in [0.15, 0.2) is 0 Å². The fraction of sp³-hybridized carbons (Fsp3) is 0.611. The van der Waals surface area contributed by atoms with Gasteiger partial charge in [0.05, 0.1) is 17.7 Å². The Hall–Kier alpha value is -1.60. The van der Waals surface area contributed by atoms with Gasteiger partial charge in [0.1, 0.15) is 6.10 Å². The summed E-state index contributed by atoms with van der Waals surface area (Å²) in [5.41, 5.74) is -0.906. The predicted molar refractivity (Wildman–Crippen MR) is 87.0 cm³/mol. The minimum Gasteiger partial charge on any atom is -0.366 e. The number of carbonyl (C=O) groups excluding carboxylic acids is 1. The van der Waals surface area contributed by atoms with Gasteiger partial charge in [0, 0.05) is 13.1 Å². The summed E-state index contributed by atoms with van der Waals surface area (Å²) in [6, 6.07) is 5.34. The molecule has 2 N–H and O–H groups in total. The lowest BCUT2D eigenvalue weighted by Gasteiger charge is -2.40. The number of amides is 1. The van der Waals surface area contributed by atoms with Crippen LogP contribution in [-0.2, 0) is 21.2 Å². The third-order valence-electron chi connectivity index (χ3n) is 5.03. The monoisotopic (exact) mass is 356 g/mol. The van der Waals surface area contributed by atoms with Crippen molar-refractivity contribution in [2.24, 2.45) is 0 Å². The van der Waals surface area contributed by atoms with Crippen molar-refractivity contribution < 1.29 is 22.7 Å². The summed E-state index contributed by atoms with van der Waals surface area (Å²) < 4.78 is 44.8. The van der Waals surface area contributed by atoms with E-state index < -0.39 is 23.4 Å². The Bertz CT molecular complexity index is 607. The molecule has 3 rings (SSSR count). The van der Waals surface area contributed by atoms with Crippen molar-refractivity contribution in [1.82, 2.24) is 10.6 Å². The van der Waals surface area contributed by atoms with Crippen LogP contribution >= 0.6 is 0 Å². The lowest BCUT2D eigenvalue weighted by Crippen LogP contribution is -2.55. The zero-order chi connectivity index (χ0) is 17.9. The van der Waals surface area contributed by atoms with Crippen LogP contribution in [0.3, 0.4) is 0 Å². The van der Waals surface area contributed by atoms with Crippen LogP contribution in [0.2, 0.25) is 0 Å². The Balaban J connectivity index is 1.87. The molecule has 0 aromatic heterocycles. The first-order valence-electron chi connectivity index (χ1n) is 8.73. The van der Waals surface area contributed by atoms with E-state index in [1.54, 1.807) is 6.07 Å². The van der Waals surface area contributed by atoms with E-state index in [-0.39, 0.29) is 5.91 Å². The maximum atomic E-state index is 13.1. The number of halogens is 3. The topological polar surface area (TPSA) is 50.4 Å². The van der Waals surface area contributed by atoms with Crippen molar-refractivity contribution in [3.8, 4) is 0 Å². The maximum absolute atomic E-state index is 13.1. The molecule has 1 saturated carbocycles. The van der Waals surface area contributed by atoms with E-state index >= 15 is 0 Å². The molecule has 138 valence electrons. The van der Waals surface area contributed by atoms with Gasteiger partial charge in [-0.1, -0.05) is 31.4 Å². The van der Waals surface area contributed by atoms with Crippen LogP contribution in [0.25, 0.3) is 0 Å². The molecule has 0 bridgehead atoms. The molecule has 2 fully saturated rings. The highest BCUT2D eigenvalue weighted by molar-refractivity contribution is 5.82. The average molecular weight is 356 g/mol. The molecule has 7 heteroatoms. The minimum absolute atomic E-state index is 0.258. The van der Waals surface area contributed by atoms with Crippen molar-refractivity contribution in [2.45, 2.75) is 49.9 Å². The van der Waals surface area contributed by atoms with E-state index in [1.165, 1.54) is 12.1 Å². The summed E-state index contributed by atoms with van der Waals surface area (Å²) in [7, 11) is 0. The Kier molecular flexibility index (Phi) is 5.34. The zero-order valence-electron chi connectivity index (χ0n) is 14.0. The second-order valence-corrected chi connectivity index (χ2v) is 6.77. The van der Waals surface area contributed by atoms with Gasteiger partial charge in [-0.05, 0) is 30.5 Å². The van der Waals surface area contributed by atoms with E-state index in [0.717, 1.165) is 25.3 Å². The van der Waals surface area contributed by atoms with E-state index in [4.69, 9.17) is 4.74 Å². The normalized spacial score (nSPS) is 23.9. The molecular formula is C18H23F3N2O2.